The van der Waals surface area contributed by atoms with Gasteiger partial charge >= 0.3 is 5.97 Å². The van der Waals surface area contributed by atoms with Crippen LogP contribution in [0.3, 0.4) is 0 Å². The summed E-state index contributed by atoms with van der Waals surface area (Å²) < 4.78 is 6.33. The summed E-state index contributed by atoms with van der Waals surface area (Å²) in [7, 11) is 0. The Morgan fingerprint density at radius 1 is 0.302 bits per heavy atom. The van der Waals surface area contributed by atoms with Gasteiger partial charge in [0.1, 0.15) is 5.60 Å². The van der Waals surface area contributed by atoms with Crippen LogP contribution in [0.2, 0.25) is 0 Å². The topological polar surface area (TPSA) is 26.3 Å². The quantitative estimate of drug-likeness (QED) is 0.0458. The lowest BCUT2D eigenvalue weighted by Gasteiger charge is -2.30. The van der Waals surface area contributed by atoms with Crippen LogP contribution in [0, 0.1) is 0 Å². The first-order chi connectivity index (χ1) is 26.1. The Bertz CT molecular complexity index is 688. The minimum Gasteiger partial charge on any atom is -0.459 e. The molecule has 0 spiro atoms. The van der Waals surface area contributed by atoms with Crippen molar-refractivity contribution >= 4 is 5.97 Å². The lowest BCUT2D eigenvalue weighted by Crippen LogP contribution is -2.32. The Morgan fingerprint density at radius 3 is 0.717 bits per heavy atom. The van der Waals surface area contributed by atoms with Crippen molar-refractivity contribution in [3.63, 3.8) is 0 Å². The van der Waals surface area contributed by atoms with Crippen LogP contribution in [0.5, 0.6) is 0 Å². The molecule has 1 atom stereocenters. The number of esters is 1. The van der Waals surface area contributed by atoms with Gasteiger partial charge in [-0.25, -0.2) is 0 Å². The molecular weight excluding hydrogens is 645 g/mol. The van der Waals surface area contributed by atoms with Crippen LogP contribution < -0.4 is 0 Å². The number of carbonyl (C=O) groups excluding carboxylic acids is 1. The molecular formula is C51H102O2. The number of unbranched alkanes of at least 4 members (excludes halogenated alkanes) is 39. The second-order valence-electron chi connectivity index (χ2n) is 18.0. The Kier molecular flexibility index (Phi) is 43.7. The Labute approximate surface area is 336 Å². The summed E-state index contributed by atoms with van der Waals surface area (Å²) in [6.07, 6.45) is 60.6. The van der Waals surface area contributed by atoms with Gasteiger partial charge in [-0.3, -0.25) is 4.79 Å². The average Bonchev–Trinajstić information content (AvgIpc) is 3.15. The predicted octanol–water partition coefficient (Wildman–Crippen LogP) is 18.9. The molecule has 318 valence electrons. The molecule has 0 aliphatic carbocycles. The standard InChI is InChI=1S/C51H102O2/c1-5-8-11-14-17-20-23-25-27-29-31-34-37-40-43-46-49-51(4,53-50(52)47-44-41-38-35-32-22-19-16-13-10-7-3)48-45-42-39-36-33-30-28-26-24-21-18-15-12-9-6-2/h5-49H2,1-4H3. The van der Waals surface area contributed by atoms with Gasteiger partial charge in [-0.2, -0.15) is 0 Å². The molecule has 0 N–H and O–H groups in total. The van der Waals surface area contributed by atoms with Crippen molar-refractivity contribution in [3.8, 4) is 0 Å². The van der Waals surface area contributed by atoms with E-state index in [0.717, 1.165) is 19.3 Å². The summed E-state index contributed by atoms with van der Waals surface area (Å²) >= 11 is 0. The van der Waals surface area contributed by atoms with E-state index in [1.54, 1.807) is 0 Å². The zero-order valence-corrected chi connectivity index (χ0v) is 37.6. The minimum atomic E-state index is -0.263. The van der Waals surface area contributed by atoms with Crippen LogP contribution in [0.1, 0.15) is 317 Å². The Morgan fingerprint density at radius 2 is 0.491 bits per heavy atom. The van der Waals surface area contributed by atoms with Gasteiger partial charge in [-0.1, -0.05) is 271 Å². The molecule has 0 aliphatic rings. The number of hydrogen-bond donors (Lipinski definition) is 0. The number of ether oxygens (including phenoxy) is 1. The Hall–Kier alpha value is -0.530. The first kappa shape index (κ1) is 52.5. The smallest absolute Gasteiger partial charge is 0.306 e. The maximum atomic E-state index is 13.0. The molecule has 53 heavy (non-hydrogen) atoms. The number of rotatable bonds is 46. The van der Waals surface area contributed by atoms with E-state index in [1.165, 1.54) is 263 Å². The molecule has 2 heteroatoms. The molecule has 0 aromatic heterocycles. The summed E-state index contributed by atoms with van der Waals surface area (Å²) in [5.74, 6) is 0.0703. The molecule has 0 saturated carbocycles. The zero-order valence-electron chi connectivity index (χ0n) is 37.6. The normalized spacial score (nSPS) is 12.8. The zero-order chi connectivity index (χ0) is 38.6. The lowest BCUT2D eigenvalue weighted by atomic mass is 9.91. The second-order valence-corrected chi connectivity index (χ2v) is 18.0. The van der Waals surface area contributed by atoms with Crippen molar-refractivity contribution in [1.82, 2.24) is 0 Å². The van der Waals surface area contributed by atoms with E-state index in [9.17, 15) is 4.79 Å². The summed E-state index contributed by atoms with van der Waals surface area (Å²) in [5, 5.41) is 0. The fourth-order valence-corrected chi connectivity index (χ4v) is 8.40. The van der Waals surface area contributed by atoms with E-state index in [4.69, 9.17) is 4.74 Å². The molecule has 0 aromatic rings. The van der Waals surface area contributed by atoms with Gasteiger partial charge in [0, 0.05) is 6.42 Å². The van der Waals surface area contributed by atoms with Gasteiger partial charge in [0.05, 0.1) is 0 Å². The predicted molar refractivity (Wildman–Crippen MR) is 239 cm³/mol. The molecule has 0 bridgehead atoms. The van der Waals surface area contributed by atoms with Crippen molar-refractivity contribution in [3.05, 3.63) is 0 Å². The molecule has 0 aliphatic heterocycles. The van der Waals surface area contributed by atoms with Crippen LogP contribution in [0.4, 0.5) is 0 Å². The Balaban J connectivity index is 4.19. The van der Waals surface area contributed by atoms with Gasteiger partial charge in [-0.15, -0.1) is 0 Å². The molecule has 0 aromatic carbocycles. The maximum Gasteiger partial charge on any atom is 0.306 e. The van der Waals surface area contributed by atoms with E-state index in [2.05, 4.69) is 27.7 Å². The number of hydrogen-bond acceptors (Lipinski definition) is 2. The maximum absolute atomic E-state index is 13.0. The van der Waals surface area contributed by atoms with Crippen LogP contribution >= 0.6 is 0 Å². The third kappa shape index (κ3) is 42.5. The molecule has 0 heterocycles. The van der Waals surface area contributed by atoms with Crippen LogP contribution in [0.25, 0.3) is 0 Å². The van der Waals surface area contributed by atoms with Crippen LogP contribution in [-0.4, -0.2) is 11.6 Å². The minimum absolute atomic E-state index is 0.0703. The van der Waals surface area contributed by atoms with Crippen molar-refractivity contribution in [2.75, 3.05) is 0 Å². The van der Waals surface area contributed by atoms with Gasteiger partial charge < -0.3 is 4.74 Å². The average molecular weight is 747 g/mol. The third-order valence-electron chi connectivity index (χ3n) is 12.2. The molecule has 0 saturated heterocycles. The highest BCUT2D eigenvalue weighted by Gasteiger charge is 2.27. The monoisotopic (exact) mass is 747 g/mol. The van der Waals surface area contributed by atoms with E-state index < -0.39 is 0 Å². The van der Waals surface area contributed by atoms with Gasteiger partial charge in [0.15, 0.2) is 0 Å². The van der Waals surface area contributed by atoms with E-state index >= 15 is 0 Å². The van der Waals surface area contributed by atoms with Crippen LogP contribution in [-0.2, 0) is 9.53 Å². The first-order valence-electron chi connectivity index (χ1n) is 25.3. The van der Waals surface area contributed by atoms with Crippen LogP contribution in [0.15, 0.2) is 0 Å². The summed E-state index contributed by atoms with van der Waals surface area (Å²) in [4.78, 5) is 13.0. The molecule has 2 nitrogen and oxygen atoms in total. The fourth-order valence-electron chi connectivity index (χ4n) is 8.40. The molecule has 0 radical (unpaired) electrons. The van der Waals surface area contributed by atoms with E-state index in [0.29, 0.717) is 6.42 Å². The molecule has 1 unspecified atom stereocenters. The van der Waals surface area contributed by atoms with Gasteiger partial charge in [0.25, 0.3) is 0 Å². The van der Waals surface area contributed by atoms with Gasteiger partial charge in [-0.05, 0) is 39.0 Å². The highest BCUT2D eigenvalue weighted by atomic mass is 16.6. The summed E-state index contributed by atoms with van der Waals surface area (Å²) in [6.45, 7) is 9.16. The summed E-state index contributed by atoms with van der Waals surface area (Å²) in [5.41, 5.74) is -0.263. The van der Waals surface area contributed by atoms with Crippen molar-refractivity contribution in [1.29, 1.82) is 0 Å². The van der Waals surface area contributed by atoms with E-state index in [-0.39, 0.29) is 11.6 Å². The lowest BCUT2D eigenvalue weighted by molar-refractivity contribution is -0.160. The molecule has 0 rings (SSSR count). The SMILES string of the molecule is CCCCCCCCCCCCCCCCCCC(C)(CCCCCCCCCCCCCCCCC)OC(=O)CCCCCCCCCCCCC. The van der Waals surface area contributed by atoms with Crippen molar-refractivity contribution < 1.29 is 9.53 Å². The summed E-state index contributed by atoms with van der Waals surface area (Å²) in [6, 6.07) is 0. The fraction of sp³-hybridized carbons (Fsp3) is 0.980. The third-order valence-corrected chi connectivity index (χ3v) is 12.2. The van der Waals surface area contributed by atoms with E-state index in [1.807, 2.05) is 0 Å². The highest BCUT2D eigenvalue weighted by molar-refractivity contribution is 5.69. The highest BCUT2D eigenvalue weighted by Crippen LogP contribution is 2.28. The number of carbonyl (C=O) groups is 1. The first-order valence-corrected chi connectivity index (χ1v) is 25.3. The molecule has 0 amide bonds. The molecule has 0 fully saturated rings. The van der Waals surface area contributed by atoms with Gasteiger partial charge in [0.2, 0.25) is 0 Å². The van der Waals surface area contributed by atoms with Crippen molar-refractivity contribution in [2.45, 2.75) is 322 Å². The van der Waals surface area contributed by atoms with Crippen molar-refractivity contribution in [2.24, 2.45) is 0 Å². The largest absolute Gasteiger partial charge is 0.459 e. The second kappa shape index (κ2) is 44.2.